The zero-order valence-corrected chi connectivity index (χ0v) is 27.6. The number of hydrogen-bond acceptors (Lipinski definition) is 7. The number of ether oxygens (including phenoxy) is 2. The van der Waals surface area contributed by atoms with Gasteiger partial charge in [-0.05, 0) is 96.0 Å². The smallest absolute Gasteiger partial charge is 0.347 e. The number of carbonyl (C=O) groups is 2. The van der Waals surface area contributed by atoms with Crippen LogP contribution in [0.4, 0.5) is 5.69 Å². The van der Waals surface area contributed by atoms with Crippen molar-refractivity contribution in [1.82, 2.24) is 9.78 Å². The molecule has 13 heteroatoms. The van der Waals surface area contributed by atoms with Gasteiger partial charge in [0.25, 0.3) is 0 Å². The molecular weight excluding hydrogens is 705 g/mol. The van der Waals surface area contributed by atoms with Crippen LogP contribution in [0.3, 0.4) is 0 Å². The van der Waals surface area contributed by atoms with Crippen LogP contribution in [0, 0.1) is 0 Å². The summed E-state index contributed by atoms with van der Waals surface area (Å²) in [5.41, 5.74) is 0.910. The van der Waals surface area contributed by atoms with Crippen molar-refractivity contribution >= 4 is 68.1 Å². The molecule has 0 aliphatic carbocycles. The number of nitrogens with zero attached hydrogens (tertiary/aromatic N) is 3. The molecule has 0 aliphatic heterocycles. The molecule has 5 rings (SSSR count). The lowest BCUT2D eigenvalue weighted by Gasteiger charge is -2.22. The summed E-state index contributed by atoms with van der Waals surface area (Å²) in [6.07, 6.45) is 0. The summed E-state index contributed by atoms with van der Waals surface area (Å²) in [5, 5.41) is 25.0. The van der Waals surface area contributed by atoms with Gasteiger partial charge in [-0.2, -0.15) is 5.10 Å². The van der Waals surface area contributed by atoms with Crippen LogP contribution in [0.5, 0.6) is 17.2 Å². The highest BCUT2D eigenvalue weighted by atomic mass is 79.9. The summed E-state index contributed by atoms with van der Waals surface area (Å²) in [5.74, 6) is -0.842. The third kappa shape index (κ3) is 7.93. The third-order valence-electron chi connectivity index (χ3n) is 6.35. The molecule has 0 atom stereocenters. The molecule has 0 spiro atoms. The molecule has 0 saturated heterocycles. The van der Waals surface area contributed by atoms with E-state index in [1.165, 1.54) is 37.3 Å². The second kappa shape index (κ2) is 13.5. The SMILES string of the molecule is CC(C)(Oc1ccc(Cn2nc(-c3cccc(Oc4cccc(C(=O)O)c4)c3)sc2=Nc2ccc(Cl)c(Cl)c2)cc1Br)C(=O)O. The Kier molecular flexibility index (Phi) is 9.64. The summed E-state index contributed by atoms with van der Waals surface area (Å²) in [4.78, 5) is 28.3. The van der Waals surface area contributed by atoms with Crippen LogP contribution >= 0.6 is 50.5 Å². The maximum atomic E-state index is 11.5. The Hall–Kier alpha value is -4.16. The maximum Gasteiger partial charge on any atom is 0.347 e. The van der Waals surface area contributed by atoms with Gasteiger partial charge in [0.1, 0.15) is 22.3 Å². The van der Waals surface area contributed by atoms with Crippen LogP contribution in [0.2, 0.25) is 10.0 Å². The predicted octanol–water partition coefficient (Wildman–Crippen LogP) is 8.69. The molecular formula is C32H24BrCl2N3O6S. The van der Waals surface area contributed by atoms with Gasteiger partial charge in [0.2, 0.25) is 4.80 Å². The lowest BCUT2D eigenvalue weighted by atomic mass is 10.1. The standard InChI is InChI=1S/C32H24BrCl2N3O6S/c1-32(2,30(41)42)44-27-12-9-18(13-24(27)33)17-38-31(36-21-10-11-25(34)26(35)16-21)45-28(37-38)19-5-3-7-22(14-19)43-23-8-4-6-20(15-23)29(39)40/h3-16H,17H2,1-2H3,(H,39,40)(H,41,42). The van der Waals surface area contributed by atoms with Crippen molar-refractivity contribution in [3.05, 3.63) is 115 Å². The summed E-state index contributed by atoms with van der Waals surface area (Å²) >= 11 is 17.2. The van der Waals surface area contributed by atoms with E-state index < -0.39 is 17.5 Å². The lowest BCUT2D eigenvalue weighted by molar-refractivity contribution is -0.152. The molecule has 1 heterocycles. The Morgan fingerprint density at radius 2 is 1.69 bits per heavy atom. The van der Waals surface area contributed by atoms with E-state index >= 15 is 0 Å². The van der Waals surface area contributed by atoms with Crippen LogP contribution in [0.1, 0.15) is 29.8 Å². The number of rotatable bonds is 10. The number of aromatic nitrogens is 2. The number of benzene rings is 4. The number of carboxylic acids is 2. The number of halogens is 3. The van der Waals surface area contributed by atoms with Crippen LogP contribution < -0.4 is 14.3 Å². The molecule has 45 heavy (non-hydrogen) atoms. The molecule has 0 bridgehead atoms. The molecule has 0 aliphatic rings. The highest BCUT2D eigenvalue weighted by Crippen LogP contribution is 2.32. The normalized spacial score (nSPS) is 11.8. The van der Waals surface area contributed by atoms with Crippen molar-refractivity contribution in [2.75, 3.05) is 0 Å². The highest BCUT2D eigenvalue weighted by Gasteiger charge is 2.30. The zero-order chi connectivity index (χ0) is 32.3. The fourth-order valence-electron chi connectivity index (χ4n) is 4.02. The Morgan fingerprint density at radius 3 is 2.38 bits per heavy atom. The van der Waals surface area contributed by atoms with Gasteiger partial charge in [-0.1, -0.05) is 58.8 Å². The van der Waals surface area contributed by atoms with E-state index in [1.54, 1.807) is 47.1 Å². The fraction of sp³-hybridized carbons (Fsp3) is 0.125. The van der Waals surface area contributed by atoms with Crippen LogP contribution in [0.25, 0.3) is 10.6 Å². The first-order valence-electron chi connectivity index (χ1n) is 13.3. The molecule has 0 saturated carbocycles. The number of aliphatic carboxylic acids is 1. The van der Waals surface area contributed by atoms with Crippen LogP contribution in [-0.4, -0.2) is 37.5 Å². The quantitative estimate of drug-likeness (QED) is 0.148. The molecule has 0 radical (unpaired) electrons. The van der Waals surface area contributed by atoms with E-state index in [-0.39, 0.29) is 5.56 Å². The summed E-state index contributed by atoms with van der Waals surface area (Å²) in [6, 6.07) is 24.0. The average Bonchev–Trinajstić information content (AvgIpc) is 3.38. The zero-order valence-electron chi connectivity index (χ0n) is 23.7. The van der Waals surface area contributed by atoms with E-state index in [1.807, 2.05) is 30.3 Å². The first kappa shape index (κ1) is 32.2. The first-order valence-corrected chi connectivity index (χ1v) is 15.6. The predicted molar refractivity (Wildman–Crippen MR) is 176 cm³/mol. The number of hydrogen-bond donors (Lipinski definition) is 2. The third-order valence-corrected chi connectivity index (χ3v) is 8.71. The fourth-order valence-corrected chi connectivity index (χ4v) is 5.73. The molecule has 0 fully saturated rings. The van der Waals surface area contributed by atoms with Gasteiger partial charge in [-0.25, -0.2) is 19.3 Å². The van der Waals surface area contributed by atoms with Crippen molar-refractivity contribution in [2.24, 2.45) is 4.99 Å². The maximum absolute atomic E-state index is 11.5. The Labute approximate surface area is 280 Å². The van der Waals surface area contributed by atoms with Gasteiger partial charge < -0.3 is 19.7 Å². The highest BCUT2D eigenvalue weighted by molar-refractivity contribution is 9.10. The van der Waals surface area contributed by atoms with Crippen molar-refractivity contribution in [3.63, 3.8) is 0 Å². The van der Waals surface area contributed by atoms with E-state index in [2.05, 4.69) is 15.9 Å². The summed E-state index contributed by atoms with van der Waals surface area (Å²) in [6.45, 7) is 3.29. The van der Waals surface area contributed by atoms with Crippen molar-refractivity contribution in [3.8, 4) is 27.8 Å². The minimum absolute atomic E-state index is 0.120. The molecule has 0 amide bonds. The monoisotopic (exact) mass is 727 g/mol. The second-order valence-electron chi connectivity index (χ2n) is 10.2. The van der Waals surface area contributed by atoms with Gasteiger partial charge in [0.15, 0.2) is 5.60 Å². The van der Waals surface area contributed by atoms with Crippen LogP contribution in [-0.2, 0) is 11.3 Å². The molecule has 1 aromatic heterocycles. The minimum atomic E-state index is -1.41. The van der Waals surface area contributed by atoms with Gasteiger partial charge in [0.05, 0.1) is 32.3 Å². The van der Waals surface area contributed by atoms with Gasteiger partial charge in [0, 0.05) is 5.56 Å². The Balaban J connectivity index is 1.50. The summed E-state index contributed by atoms with van der Waals surface area (Å²) in [7, 11) is 0. The minimum Gasteiger partial charge on any atom is -0.478 e. The van der Waals surface area contributed by atoms with Crippen molar-refractivity contribution in [1.29, 1.82) is 0 Å². The van der Waals surface area contributed by atoms with Gasteiger partial charge >= 0.3 is 11.9 Å². The van der Waals surface area contributed by atoms with E-state index in [9.17, 15) is 19.8 Å². The largest absolute Gasteiger partial charge is 0.478 e. The lowest BCUT2D eigenvalue weighted by Crippen LogP contribution is -2.38. The molecule has 9 nitrogen and oxygen atoms in total. The molecule has 0 unspecified atom stereocenters. The van der Waals surface area contributed by atoms with E-state index in [0.717, 1.165) is 11.1 Å². The number of carboxylic acid groups (broad SMARTS) is 2. The van der Waals surface area contributed by atoms with Crippen LogP contribution in [0.15, 0.2) is 94.4 Å². The first-order chi connectivity index (χ1) is 21.4. The Bertz CT molecular complexity index is 1990. The second-order valence-corrected chi connectivity index (χ2v) is 12.8. The molecule has 4 aromatic carbocycles. The van der Waals surface area contributed by atoms with Gasteiger partial charge in [-0.3, -0.25) is 0 Å². The average molecular weight is 729 g/mol. The van der Waals surface area contributed by atoms with Crippen molar-refractivity contribution < 1.29 is 29.3 Å². The molecule has 230 valence electrons. The van der Waals surface area contributed by atoms with Crippen molar-refractivity contribution in [2.45, 2.75) is 26.0 Å². The molecule has 2 N–H and O–H groups in total. The van der Waals surface area contributed by atoms with E-state index in [0.29, 0.717) is 53.8 Å². The Morgan fingerprint density at radius 1 is 0.956 bits per heavy atom. The topological polar surface area (TPSA) is 123 Å². The van der Waals surface area contributed by atoms with E-state index in [4.69, 9.17) is 42.8 Å². The van der Waals surface area contributed by atoms with Gasteiger partial charge in [-0.15, -0.1) is 0 Å². The molecule has 5 aromatic rings. The number of aromatic carboxylic acids is 1. The summed E-state index contributed by atoms with van der Waals surface area (Å²) < 4.78 is 14.0.